The van der Waals surface area contributed by atoms with Crippen LogP contribution in [0, 0.1) is 6.92 Å². The Kier molecular flexibility index (Phi) is 3.31. The number of hydrogen-bond acceptors (Lipinski definition) is 5. The molecule has 0 amide bonds. The molecular weight excluding hydrogens is 224 g/mol. The Balaban J connectivity index is 1.92. The zero-order valence-electron chi connectivity index (χ0n) is 8.86. The van der Waals surface area contributed by atoms with Crippen LogP contribution in [0.25, 0.3) is 0 Å². The largest absolute Gasteiger partial charge is 0.369 e. The third-order valence-corrected chi connectivity index (χ3v) is 2.83. The number of nitrogens with zero attached hydrogens (tertiary/aromatic N) is 2. The van der Waals surface area contributed by atoms with Gasteiger partial charge in [-0.2, -0.15) is 0 Å². The summed E-state index contributed by atoms with van der Waals surface area (Å²) < 4.78 is 0. The lowest BCUT2D eigenvalue weighted by molar-refractivity contribution is 0.960. The van der Waals surface area contributed by atoms with E-state index in [1.165, 1.54) is 6.07 Å². The Morgan fingerprint density at radius 2 is 2.44 bits per heavy atom. The summed E-state index contributed by atoms with van der Waals surface area (Å²) in [4.78, 5) is 22.1. The first-order valence-electron chi connectivity index (χ1n) is 4.94. The van der Waals surface area contributed by atoms with Crippen molar-refractivity contribution in [2.75, 3.05) is 11.9 Å². The van der Waals surface area contributed by atoms with Gasteiger partial charge >= 0.3 is 0 Å². The molecule has 0 saturated carbocycles. The second-order valence-electron chi connectivity index (χ2n) is 3.32. The van der Waals surface area contributed by atoms with E-state index < -0.39 is 0 Å². The number of thiazole rings is 1. The molecule has 2 aromatic rings. The van der Waals surface area contributed by atoms with Gasteiger partial charge in [-0.15, -0.1) is 11.3 Å². The molecule has 0 aromatic carbocycles. The maximum absolute atomic E-state index is 11.2. The van der Waals surface area contributed by atoms with Crippen molar-refractivity contribution in [3.8, 4) is 0 Å². The van der Waals surface area contributed by atoms with Gasteiger partial charge in [0.05, 0.1) is 5.01 Å². The molecule has 2 rings (SSSR count). The van der Waals surface area contributed by atoms with Crippen LogP contribution in [0.5, 0.6) is 0 Å². The highest BCUT2D eigenvalue weighted by molar-refractivity contribution is 7.09. The summed E-state index contributed by atoms with van der Waals surface area (Å²) in [6.07, 6.45) is 2.63. The Morgan fingerprint density at radius 1 is 1.56 bits per heavy atom. The molecule has 16 heavy (non-hydrogen) atoms. The standard InChI is InChI=1S/C10H12N4OS/c1-7-13-8(6-9(15)14-7)11-3-2-10-12-4-5-16-10/h4-6H,2-3H2,1H3,(H2,11,13,14,15). The van der Waals surface area contributed by atoms with Crippen molar-refractivity contribution in [2.45, 2.75) is 13.3 Å². The van der Waals surface area contributed by atoms with Gasteiger partial charge in [0.15, 0.2) is 0 Å². The molecule has 2 N–H and O–H groups in total. The van der Waals surface area contributed by atoms with Crippen molar-refractivity contribution >= 4 is 17.2 Å². The maximum Gasteiger partial charge on any atom is 0.252 e. The van der Waals surface area contributed by atoms with E-state index in [1.807, 2.05) is 5.38 Å². The number of aromatic amines is 1. The predicted octanol–water partition coefficient (Wildman–Crippen LogP) is 1.19. The number of anilines is 1. The first-order chi connectivity index (χ1) is 7.74. The predicted molar refractivity (Wildman–Crippen MR) is 63.9 cm³/mol. The number of aromatic nitrogens is 3. The van der Waals surface area contributed by atoms with E-state index in [0.717, 1.165) is 18.0 Å². The summed E-state index contributed by atoms with van der Waals surface area (Å²) in [7, 11) is 0. The summed E-state index contributed by atoms with van der Waals surface area (Å²) in [5.41, 5.74) is -0.135. The molecule has 0 spiro atoms. The summed E-state index contributed by atoms with van der Waals surface area (Å²) >= 11 is 1.62. The van der Waals surface area contributed by atoms with Gasteiger partial charge < -0.3 is 10.3 Å². The highest BCUT2D eigenvalue weighted by Gasteiger charge is 1.98. The Morgan fingerprint density at radius 3 is 3.12 bits per heavy atom. The van der Waals surface area contributed by atoms with Gasteiger partial charge in [-0.1, -0.05) is 0 Å². The topological polar surface area (TPSA) is 70.7 Å². The Bertz CT molecular complexity index is 506. The normalized spacial score (nSPS) is 10.3. The van der Waals surface area contributed by atoms with Gasteiger partial charge in [-0.3, -0.25) is 4.79 Å². The molecule has 0 aliphatic rings. The SMILES string of the molecule is Cc1nc(NCCc2nccs2)cc(=O)[nH]1. The van der Waals surface area contributed by atoms with Crippen molar-refractivity contribution in [3.63, 3.8) is 0 Å². The first kappa shape index (κ1) is 10.8. The monoisotopic (exact) mass is 236 g/mol. The van der Waals surface area contributed by atoms with Gasteiger partial charge in [0.2, 0.25) is 0 Å². The molecule has 6 heteroatoms. The van der Waals surface area contributed by atoms with E-state index in [0.29, 0.717) is 11.6 Å². The summed E-state index contributed by atoms with van der Waals surface area (Å²) in [5, 5.41) is 6.13. The number of rotatable bonds is 4. The van der Waals surface area contributed by atoms with Gasteiger partial charge in [0.1, 0.15) is 11.6 Å². The van der Waals surface area contributed by atoms with E-state index in [9.17, 15) is 4.79 Å². The molecule has 84 valence electrons. The van der Waals surface area contributed by atoms with Crippen molar-refractivity contribution < 1.29 is 0 Å². The summed E-state index contributed by atoms with van der Waals surface area (Å²) in [6, 6.07) is 1.45. The quantitative estimate of drug-likeness (QED) is 0.836. The maximum atomic E-state index is 11.2. The van der Waals surface area contributed by atoms with Crippen LogP contribution in [0.4, 0.5) is 5.82 Å². The minimum atomic E-state index is -0.135. The summed E-state index contributed by atoms with van der Waals surface area (Å²) in [6.45, 7) is 2.48. The molecule has 0 unspecified atom stereocenters. The van der Waals surface area contributed by atoms with E-state index in [1.54, 1.807) is 24.5 Å². The van der Waals surface area contributed by atoms with E-state index >= 15 is 0 Å². The smallest absolute Gasteiger partial charge is 0.252 e. The van der Waals surface area contributed by atoms with Crippen molar-refractivity contribution in [3.05, 3.63) is 38.8 Å². The lowest BCUT2D eigenvalue weighted by atomic mass is 10.4. The highest BCUT2D eigenvalue weighted by Crippen LogP contribution is 2.05. The fraction of sp³-hybridized carbons (Fsp3) is 0.300. The zero-order valence-corrected chi connectivity index (χ0v) is 9.67. The molecule has 0 radical (unpaired) electrons. The van der Waals surface area contributed by atoms with Crippen LogP contribution in [0.15, 0.2) is 22.4 Å². The van der Waals surface area contributed by atoms with Crippen LogP contribution in [0.3, 0.4) is 0 Å². The lowest BCUT2D eigenvalue weighted by Gasteiger charge is -2.03. The number of H-pyrrole nitrogens is 1. The molecule has 0 fully saturated rings. The lowest BCUT2D eigenvalue weighted by Crippen LogP contribution is -2.13. The van der Waals surface area contributed by atoms with Gasteiger partial charge in [-0.05, 0) is 6.92 Å². The molecule has 0 aliphatic heterocycles. The van der Waals surface area contributed by atoms with Crippen LogP contribution < -0.4 is 10.9 Å². The second-order valence-corrected chi connectivity index (χ2v) is 4.30. The highest BCUT2D eigenvalue weighted by atomic mass is 32.1. The molecule has 0 saturated heterocycles. The third-order valence-electron chi connectivity index (χ3n) is 1.99. The first-order valence-corrected chi connectivity index (χ1v) is 5.82. The average molecular weight is 236 g/mol. The Hall–Kier alpha value is -1.69. The molecule has 0 atom stereocenters. The van der Waals surface area contributed by atoms with Gasteiger partial charge in [0, 0.05) is 30.6 Å². The van der Waals surface area contributed by atoms with Crippen LogP contribution in [0.2, 0.25) is 0 Å². The van der Waals surface area contributed by atoms with Gasteiger partial charge in [-0.25, -0.2) is 9.97 Å². The van der Waals surface area contributed by atoms with Crippen molar-refractivity contribution in [1.29, 1.82) is 0 Å². The molecule has 0 aliphatic carbocycles. The molecule has 0 bridgehead atoms. The number of hydrogen-bond donors (Lipinski definition) is 2. The van der Waals surface area contributed by atoms with Gasteiger partial charge in [0.25, 0.3) is 5.56 Å². The molecule has 2 heterocycles. The van der Waals surface area contributed by atoms with E-state index in [4.69, 9.17) is 0 Å². The minimum Gasteiger partial charge on any atom is -0.369 e. The average Bonchev–Trinajstić information content (AvgIpc) is 2.69. The van der Waals surface area contributed by atoms with E-state index in [-0.39, 0.29) is 5.56 Å². The van der Waals surface area contributed by atoms with Crippen molar-refractivity contribution in [1.82, 2.24) is 15.0 Å². The Labute approximate surface area is 96.6 Å². The molecule has 2 aromatic heterocycles. The molecular formula is C10H12N4OS. The number of nitrogens with one attached hydrogen (secondary N) is 2. The fourth-order valence-corrected chi connectivity index (χ4v) is 1.96. The summed E-state index contributed by atoms with van der Waals surface area (Å²) in [5.74, 6) is 1.22. The van der Waals surface area contributed by atoms with Crippen LogP contribution in [-0.4, -0.2) is 21.5 Å². The second kappa shape index (κ2) is 4.89. The van der Waals surface area contributed by atoms with Crippen LogP contribution >= 0.6 is 11.3 Å². The van der Waals surface area contributed by atoms with Crippen LogP contribution in [0.1, 0.15) is 10.8 Å². The van der Waals surface area contributed by atoms with Crippen LogP contribution in [-0.2, 0) is 6.42 Å². The van der Waals surface area contributed by atoms with E-state index in [2.05, 4.69) is 20.3 Å². The third kappa shape index (κ3) is 2.90. The fourth-order valence-electron chi connectivity index (χ4n) is 1.34. The number of aryl methyl sites for hydroxylation is 1. The minimum absolute atomic E-state index is 0.135. The van der Waals surface area contributed by atoms with Crippen molar-refractivity contribution in [2.24, 2.45) is 0 Å². The molecule has 5 nitrogen and oxygen atoms in total. The zero-order chi connectivity index (χ0) is 11.4.